The van der Waals surface area contributed by atoms with Gasteiger partial charge < -0.3 is 5.73 Å². The third-order valence-corrected chi connectivity index (χ3v) is 2.97. The van der Waals surface area contributed by atoms with Crippen LogP contribution in [0, 0.1) is 10.8 Å². The summed E-state index contributed by atoms with van der Waals surface area (Å²) in [5.74, 6) is 0. The highest BCUT2D eigenvalue weighted by molar-refractivity contribution is 9.10. The third-order valence-electron chi connectivity index (χ3n) is 2.45. The van der Waals surface area contributed by atoms with Crippen molar-refractivity contribution in [2.75, 3.05) is 7.05 Å². The van der Waals surface area contributed by atoms with E-state index in [0.29, 0.717) is 0 Å². The van der Waals surface area contributed by atoms with Gasteiger partial charge in [-0.1, -0.05) is 58.4 Å². The Hall–Kier alpha value is -1.78. The summed E-state index contributed by atoms with van der Waals surface area (Å²) in [4.78, 5) is 0. The minimum absolute atomic E-state index is 0.240. The number of benzene rings is 2. The van der Waals surface area contributed by atoms with Crippen molar-refractivity contribution >= 4 is 27.4 Å². The molecule has 19 heavy (non-hydrogen) atoms. The highest BCUT2D eigenvalue weighted by Gasteiger charge is 2.09. The first-order valence-electron chi connectivity index (χ1n) is 5.75. The van der Waals surface area contributed by atoms with Crippen LogP contribution in [0.3, 0.4) is 0 Å². The van der Waals surface area contributed by atoms with Crippen LogP contribution in [-0.4, -0.2) is 18.5 Å². The van der Waals surface area contributed by atoms with Crippen molar-refractivity contribution in [3.63, 3.8) is 0 Å². The summed E-state index contributed by atoms with van der Waals surface area (Å²) >= 11 is 3.35. The lowest BCUT2D eigenvalue weighted by Gasteiger charge is -2.06. The van der Waals surface area contributed by atoms with Crippen LogP contribution in [0.4, 0.5) is 0 Å². The van der Waals surface area contributed by atoms with Gasteiger partial charge in [-0.15, -0.1) is 0 Å². The molecule has 0 atom stereocenters. The fraction of sp³-hybridized carbons (Fsp3) is 0.0667. The molecule has 0 spiro atoms. The van der Waals surface area contributed by atoms with Gasteiger partial charge in [0.15, 0.2) is 0 Å². The van der Waals surface area contributed by atoms with Crippen LogP contribution >= 0.6 is 15.9 Å². The Morgan fingerprint density at radius 2 is 1.21 bits per heavy atom. The first-order valence-corrected chi connectivity index (χ1v) is 6.54. The van der Waals surface area contributed by atoms with Gasteiger partial charge in [-0.3, -0.25) is 10.8 Å². The molecule has 0 amide bonds. The summed E-state index contributed by atoms with van der Waals surface area (Å²) in [7, 11) is 1.50. The topological polar surface area (TPSA) is 73.7 Å². The van der Waals surface area contributed by atoms with Crippen LogP contribution in [0.1, 0.15) is 11.1 Å². The molecule has 0 saturated carbocycles. The van der Waals surface area contributed by atoms with E-state index in [-0.39, 0.29) is 11.4 Å². The lowest BCUT2D eigenvalue weighted by atomic mass is 10.0. The Balaban J connectivity index is 0.000000861. The second kappa shape index (κ2) is 7.61. The molecule has 0 heterocycles. The fourth-order valence-electron chi connectivity index (χ4n) is 1.51. The molecule has 0 unspecified atom stereocenters. The maximum Gasteiger partial charge on any atom is 0.0867 e. The first kappa shape index (κ1) is 15.3. The molecule has 2 aromatic carbocycles. The zero-order valence-corrected chi connectivity index (χ0v) is 12.2. The van der Waals surface area contributed by atoms with E-state index in [4.69, 9.17) is 10.8 Å². The molecular weight excluding hydrogens is 302 g/mol. The number of nitrogens with two attached hydrogens (primary N) is 1. The van der Waals surface area contributed by atoms with Crippen molar-refractivity contribution in [1.82, 2.24) is 0 Å². The summed E-state index contributed by atoms with van der Waals surface area (Å²) in [5, 5.41) is 16.0. The van der Waals surface area contributed by atoms with Crippen molar-refractivity contribution in [2.45, 2.75) is 0 Å². The largest absolute Gasteiger partial charge is 0.333 e. The average molecular weight is 318 g/mol. The number of hydrogen-bond acceptors (Lipinski definition) is 3. The van der Waals surface area contributed by atoms with Crippen LogP contribution in [0.15, 0.2) is 59.1 Å². The maximum absolute atomic E-state index is 8.00. The molecule has 98 valence electrons. The summed E-state index contributed by atoms with van der Waals surface area (Å²) in [5.41, 5.74) is 6.50. The Kier molecular flexibility index (Phi) is 6.12. The van der Waals surface area contributed by atoms with E-state index >= 15 is 0 Å². The Morgan fingerprint density at radius 1 is 0.789 bits per heavy atom. The van der Waals surface area contributed by atoms with Gasteiger partial charge in [-0.25, -0.2) is 0 Å². The molecule has 0 fully saturated rings. The maximum atomic E-state index is 8.00. The van der Waals surface area contributed by atoms with E-state index in [1.807, 2.05) is 54.6 Å². The monoisotopic (exact) mass is 317 g/mol. The van der Waals surface area contributed by atoms with Gasteiger partial charge in [-0.2, -0.15) is 0 Å². The summed E-state index contributed by atoms with van der Waals surface area (Å²) in [6, 6.07) is 16.8. The van der Waals surface area contributed by atoms with Gasteiger partial charge in [0.1, 0.15) is 0 Å². The van der Waals surface area contributed by atoms with E-state index in [1.54, 1.807) is 0 Å². The first-order chi connectivity index (χ1) is 9.18. The molecule has 0 radical (unpaired) electrons. The van der Waals surface area contributed by atoms with Crippen LogP contribution < -0.4 is 5.73 Å². The molecule has 0 saturated heterocycles. The standard InChI is InChI=1S/C14H11BrN2.CH5N/c15-12-8-6-11(7-9-12)14(17)13(16)10-4-2-1-3-5-10;1-2/h1-9,16-17H;2H2,1H3. The van der Waals surface area contributed by atoms with E-state index in [1.165, 1.54) is 7.05 Å². The van der Waals surface area contributed by atoms with Crippen molar-refractivity contribution in [3.05, 3.63) is 70.2 Å². The minimum Gasteiger partial charge on any atom is -0.333 e. The number of nitrogens with one attached hydrogen (secondary N) is 2. The highest BCUT2D eigenvalue weighted by atomic mass is 79.9. The smallest absolute Gasteiger partial charge is 0.0867 e. The summed E-state index contributed by atoms with van der Waals surface area (Å²) < 4.78 is 0.972. The predicted octanol–water partition coefficient (Wildman–Crippen LogP) is 3.46. The second-order valence-corrected chi connectivity index (χ2v) is 4.54. The highest BCUT2D eigenvalue weighted by Crippen LogP contribution is 2.13. The predicted molar refractivity (Wildman–Crippen MR) is 84.4 cm³/mol. The molecular formula is C15H16BrN3. The van der Waals surface area contributed by atoms with Crippen LogP contribution in [0.5, 0.6) is 0 Å². The van der Waals surface area contributed by atoms with Crippen molar-refractivity contribution in [3.8, 4) is 0 Å². The Labute approximate surface area is 121 Å². The number of hydrogen-bond donors (Lipinski definition) is 3. The average Bonchev–Trinajstić information content (AvgIpc) is 2.49. The molecule has 4 N–H and O–H groups in total. The third kappa shape index (κ3) is 4.12. The fourth-order valence-corrected chi connectivity index (χ4v) is 1.77. The van der Waals surface area contributed by atoms with Gasteiger partial charge in [0.25, 0.3) is 0 Å². The van der Waals surface area contributed by atoms with E-state index < -0.39 is 0 Å². The molecule has 0 aliphatic rings. The van der Waals surface area contributed by atoms with Gasteiger partial charge in [0.2, 0.25) is 0 Å². The Morgan fingerprint density at radius 3 is 1.68 bits per heavy atom. The summed E-state index contributed by atoms with van der Waals surface area (Å²) in [6.07, 6.45) is 0. The molecule has 0 aliphatic carbocycles. The molecule has 4 heteroatoms. The molecule has 2 rings (SSSR count). The number of halogens is 1. The van der Waals surface area contributed by atoms with Crippen LogP contribution in [0.25, 0.3) is 0 Å². The van der Waals surface area contributed by atoms with E-state index in [0.717, 1.165) is 15.6 Å². The van der Waals surface area contributed by atoms with E-state index in [2.05, 4.69) is 21.7 Å². The zero-order chi connectivity index (χ0) is 14.3. The molecule has 0 aromatic heterocycles. The van der Waals surface area contributed by atoms with E-state index in [9.17, 15) is 0 Å². The van der Waals surface area contributed by atoms with Gasteiger partial charge in [-0.05, 0) is 19.2 Å². The number of rotatable bonds is 3. The van der Waals surface area contributed by atoms with Crippen molar-refractivity contribution < 1.29 is 0 Å². The molecule has 2 aromatic rings. The minimum atomic E-state index is 0.240. The normalized spacial score (nSPS) is 9.21. The lowest BCUT2D eigenvalue weighted by molar-refractivity contribution is 1.45. The van der Waals surface area contributed by atoms with Crippen LogP contribution in [-0.2, 0) is 0 Å². The lowest BCUT2D eigenvalue weighted by Crippen LogP contribution is -2.14. The quantitative estimate of drug-likeness (QED) is 0.745. The SMILES string of the molecule is CN.N=C(C(=N)c1ccc(Br)cc1)c1ccccc1. The van der Waals surface area contributed by atoms with Crippen molar-refractivity contribution in [2.24, 2.45) is 5.73 Å². The van der Waals surface area contributed by atoms with Gasteiger partial charge >= 0.3 is 0 Å². The molecule has 0 aliphatic heterocycles. The van der Waals surface area contributed by atoms with Crippen molar-refractivity contribution in [1.29, 1.82) is 10.8 Å². The van der Waals surface area contributed by atoms with Gasteiger partial charge in [0, 0.05) is 15.6 Å². The molecule has 0 bridgehead atoms. The van der Waals surface area contributed by atoms with Crippen LogP contribution in [0.2, 0.25) is 0 Å². The molecule has 3 nitrogen and oxygen atoms in total. The summed E-state index contributed by atoms with van der Waals surface area (Å²) in [6.45, 7) is 0. The van der Waals surface area contributed by atoms with Gasteiger partial charge in [0.05, 0.1) is 11.4 Å². The second-order valence-electron chi connectivity index (χ2n) is 3.62. The zero-order valence-electron chi connectivity index (χ0n) is 10.7. The Bertz CT molecular complexity index is 547.